The summed E-state index contributed by atoms with van der Waals surface area (Å²) in [7, 11) is 4.06. The van der Waals surface area contributed by atoms with E-state index in [0.29, 0.717) is 0 Å². The molecule has 4 nitrogen and oxygen atoms in total. The summed E-state index contributed by atoms with van der Waals surface area (Å²) in [5.74, 6) is 0.202. The molecule has 0 spiro atoms. The maximum atomic E-state index is 12.2. The molecule has 2 unspecified atom stereocenters. The predicted molar refractivity (Wildman–Crippen MR) is 74.7 cm³/mol. The van der Waals surface area contributed by atoms with E-state index in [1.165, 1.54) is 9.75 Å². The normalized spacial score (nSPS) is 24.3. The Morgan fingerprint density at radius 2 is 2.17 bits per heavy atom. The topological polar surface area (TPSA) is 35.6 Å². The summed E-state index contributed by atoms with van der Waals surface area (Å²) >= 11 is 1.76. The number of hydrogen-bond donors (Lipinski definition) is 1. The van der Waals surface area contributed by atoms with Crippen LogP contribution in [0.25, 0.3) is 0 Å². The summed E-state index contributed by atoms with van der Waals surface area (Å²) in [4.78, 5) is 18.7. The minimum atomic E-state index is -0.0837. The fraction of sp³-hybridized carbons (Fsp3) is 0.615. The molecule has 0 aliphatic carbocycles. The lowest BCUT2D eigenvalue weighted by Gasteiger charge is -2.24. The van der Waals surface area contributed by atoms with Crippen molar-refractivity contribution < 1.29 is 4.79 Å². The van der Waals surface area contributed by atoms with E-state index in [4.69, 9.17) is 0 Å². The zero-order valence-corrected chi connectivity index (χ0v) is 12.3. The maximum absolute atomic E-state index is 12.2. The third kappa shape index (κ3) is 2.74. The molecule has 2 atom stereocenters. The summed E-state index contributed by atoms with van der Waals surface area (Å²) in [6.07, 6.45) is 0.0474. The second kappa shape index (κ2) is 5.38. The Morgan fingerprint density at radius 3 is 2.72 bits per heavy atom. The van der Waals surface area contributed by atoms with E-state index in [1.54, 1.807) is 11.3 Å². The van der Waals surface area contributed by atoms with Crippen molar-refractivity contribution in [2.45, 2.75) is 26.1 Å². The molecular weight excluding hydrogens is 246 g/mol. The van der Waals surface area contributed by atoms with Crippen LogP contribution < -0.4 is 5.32 Å². The minimum Gasteiger partial charge on any atom is -0.319 e. The second-order valence-electron chi connectivity index (χ2n) is 5.07. The lowest BCUT2D eigenvalue weighted by Crippen LogP contribution is -2.36. The van der Waals surface area contributed by atoms with E-state index in [9.17, 15) is 4.79 Å². The first kappa shape index (κ1) is 13.5. The number of nitrogens with zero attached hydrogens (tertiary/aromatic N) is 2. The van der Waals surface area contributed by atoms with Crippen LogP contribution >= 0.6 is 11.3 Å². The van der Waals surface area contributed by atoms with Crippen molar-refractivity contribution in [2.24, 2.45) is 0 Å². The Morgan fingerprint density at radius 1 is 1.44 bits per heavy atom. The van der Waals surface area contributed by atoms with E-state index in [-0.39, 0.29) is 18.1 Å². The van der Waals surface area contributed by atoms with Gasteiger partial charge in [-0.05, 0) is 40.1 Å². The van der Waals surface area contributed by atoms with Crippen LogP contribution in [0.5, 0.6) is 0 Å². The molecule has 100 valence electrons. The van der Waals surface area contributed by atoms with Gasteiger partial charge in [-0.3, -0.25) is 10.1 Å². The average Bonchev–Trinajstić information content (AvgIpc) is 2.83. The highest BCUT2D eigenvalue weighted by Gasteiger charge is 2.37. The van der Waals surface area contributed by atoms with Gasteiger partial charge < -0.3 is 9.80 Å². The Balaban J connectivity index is 2.14. The van der Waals surface area contributed by atoms with Gasteiger partial charge in [0.05, 0.1) is 6.04 Å². The van der Waals surface area contributed by atoms with Gasteiger partial charge in [-0.2, -0.15) is 0 Å². The second-order valence-corrected chi connectivity index (χ2v) is 6.39. The molecule has 2 heterocycles. The number of carbonyl (C=O) groups is 1. The first-order valence-electron chi connectivity index (χ1n) is 6.26. The predicted octanol–water partition coefficient (Wildman–Crippen LogP) is 1.44. The highest BCUT2D eigenvalue weighted by Crippen LogP contribution is 2.30. The molecule has 0 bridgehead atoms. The quantitative estimate of drug-likeness (QED) is 0.896. The summed E-state index contributed by atoms with van der Waals surface area (Å²) in [6, 6.07) is 4.14. The van der Waals surface area contributed by atoms with Gasteiger partial charge in [0.15, 0.2) is 0 Å². The molecule has 0 saturated carbocycles. The summed E-state index contributed by atoms with van der Waals surface area (Å²) in [5.41, 5.74) is 0. The average molecular weight is 267 g/mol. The van der Waals surface area contributed by atoms with Gasteiger partial charge in [0.25, 0.3) is 0 Å². The molecule has 18 heavy (non-hydrogen) atoms. The first-order chi connectivity index (χ1) is 8.49. The first-order valence-corrected chi connectivity index (χ1v) is 7.08. The van der Waals surface area contributed by atoms with E-state index in [0.717, 1.165) is 13.1 Å². The van der Waals surface area contributed by atoms with Crippen LogP contribution in [0, 0.1) is 6.92 Å². The molecular formula is C13H21N3OS. The zero-order chi connectivity index (χ0) is 13.3. The number of rotatable bonds is 4. The third-order valence-corrected chi connectivity index (χ3v) is 4.24. The van der Waals surface area contributed by atoms with Crippen LogP contribution in [0.15, 0.2) is 12.1 Å². The van der Waals surface area contributed by atoms with Crippen LogP contribution in [0.3, 0.4) is 0 Å². The summed E-state index contributed by atoms with van der Waals surface area (Å²) in [6.45, 7) is 5.69. The fourth-order valence-electron chi connectivity index (χ4n) is 2.16. The SMILES string of the molecule is Cc1ccc(C2NC(C)C(=O)N2CCN(C)C)s1. The fourth-order valence-corrected chi connectivity index (χ4v) is 3.11. The molecule has 0 aromatic carbocycles. The van der Waals surface area contributed by atoms with Gasteiger partial charge in [0.2, 0.25) is 5.91 Å². The highest BCUT2D eigenvalue weighted by atomic mass is 32.1. The van der Waals surface area contributed by atoms with Gasteiger partial charge in [-0.25, -0.2) is 0 Å². The van der Waals surface area contributed by atoms with Gasteiger partial charge in [0.1, 0.15) is 6.17 Å². The number of likely N-dealkylation sites (N-methyl/N-ethyl adjacent to an activating group) is 1. The van der Waals surface area contributed by atoms with Crippen molar-refractivity contribution in [3.05, 3.63) is 21.9 Å². The number of aryl methyl sites for hydroxylation is 1. The molecule has 1 N–H and O–H groups in total. The Hall–Kier alpha value is -0.910. The van der Waals surface area contributed by atoms with Crippen LogP contribution in [-0.4, -0.2) is 48.9 Å². The van der Waals surface area contributed by atoms with Gasteiger partial charge in [-0.1, -0.05) is 0 Å². The van der Waals surface area contributed by atoms with Crippen molar-refractivity contribution in [3.8, 4) is 0 Å². The number of thiophene rings is 1. The lowest BCUT2D eigenvalue weighted by atomic mass is 10.3. The van der Waals surface area contributed by atoms with E-state index in [1.807, 2.05) is 25.9 Å². The molecule has 1 fully saturated rings. The number of nitrogens with one attached hydrogen (secondary N) is 1. The van der Waals surface area contributed by atoms with Gasteiger partial charge in [-0.15, -0.1) is 11.3 Å². The molecule has 5 heteroatoms. The largest absolute Gasteiger partial charge is 0.319 e. The van der Waals surface area contributed by atoms with E-state index < -0.39 is 0 Å². The van der Waals surface area contributed by atoms with Crippen molar-refractivity contribution in [3.63, 3.8) is 0 Å². The molecule has 1 aromatic rings. The zero-order valence-electron chi connectivity index (χ0n) is 11.4. The maximum Gasteiger partial charge on any atom is 0.241 e. The smallest absolute Gasteiger partial charge is 0.241 e. The summed E-state index contributed by atoms with van der Waals surface area (Å²) < 4.78 is 0. The number of hydrogen-bond acceptors (Lipinski definition) is 4. The molecule has 1 aliphatic heterocycles. The van der Waals surface area contributed by atoms with E-state index in [2.05, 4.69) is 29.3 Å². The van der Waals surface area contributed by atoms with Crippen molar-refractivity contribution in [1.82, 2.24) is 15.1 Å². The molecule has 1 aliphatic rings. The molecule has 1 aromatic heterocycles. The Kier molecular flexibility index (Phi) is 4.04. The van der Waals surface area contributed by atoms with Crippen molar-refractivity contribution in [2.75, 3.05) is 27.2 Å². The molecule has 1 saturated heterocycles. The van der Waals surface area contributed by atoms with Crippen LogP contribution in [0.2, 0.25) is 0 Å². The van der Waals surface area contributed by atoms with Crippen LogP contribution in [0.1, 0.15) is 22.8 Å². The molecule has 1 amide bonds. The van der Waals surface area contributed by atoms with Crippen LogP contribution in [-0.2, 0) is 4.79 Å². The van der Waals surface area contributed by atoms with Crippen molar-refractivity contribution in [1.29, 1.82) is 0 Å². The minimum absolute atomic E-state index is 0.0474. The Bertz CT molecular complexity index is 430. The Labute approximate surface area is 113 Å². The number of amides is 1. The van der Waals surface area contributed by atoms with Gasteiger partial charge >= 0.3 is 0 Å². The van der Waals surface area contributed by atoms with Crippen LogP contribution in [0.4, 0.5) is 0 Å². The van der Waals surface area contributed by atoms with Gasteiger partial charge in [0, 0.05) is 22.8 Å². The third-order valence-electron chi connectivity index (χ3n) is 3.19. The standard InChI is InChI=1S/C13H21N3OS/c1-9-5-6-11(18-9)12-14-10(2)13(17)16(12)8-7-15(3)4/h5-6,10,12,14H,7-8H2,1-4H3. The lowest BCUT2D eigenvalue weighted by molar-refractivity contribution is -0.129. The summed E-state index contributed by atoms with van der Waals surface area (Å²) in [5, 5.41) is 3.38. The molecule has 0 radical (unpaired) electrons. The van der Waals surface area contributed by atoms with E-state index >= 15 is 0 Å². The highest BCUT2D eigenvalue weighted by molar-refractivity contribution is 7.12. The monoisotopic (exact) mass is 267 g/mol. The molecule has 2 rings (SSSR count). The number of carbonyl (C=O) groups excluding carboxylic acids is 1. The van der Waals surface area contributed by atoms with Crippen molar-refractivity contribution >= 4 is 17.2 Å².